The highest BCUT2D eigenvalue weighted by Crippen LogP contribution is 2.49. The molecule has 5 heteroatoms. The molecule has 106 valence electrons. The smallest absolute Gasteiger partial charge is 0.0992 e. The van der Waals surface area contributed by atoms with Gasteiger partial charge in [-0.1, -0.05) is 23.4 Å². The summed E-state index contributed by atoms with van der Waals surface area (Å²) < 4.78 is 0. The fourth-order valence-corrected chi connectivity index (χ4v) is 3.76. The first-order chi connectivity index (χ1) is 10.1. The number of nitriles is 1. The van der Waals surface area contributed by atoms with E-state index >= 15 is 0 Å². The van der Waals surface area contributed by atoms with Crippen molar-refractivity contribution in [2.24, 2.45) is 0 Å². The Morgan fingerprint density at radius 1 is 1.24 bits per heavy atom. The van der Waals surface area contributed by atoms with Crippen LogP contribution in [0.25, 0.3) is 0 Å². The molecule has 1 N–H and O–H groups in total. The van der Waals surface area contributed by atoms with Crippen LogP contribution in [-0.2, 0) is 0 Å². The van der Waals surface area contributed by atoms with E-state index < -0.39 is 0 Å². The molecule has 0 fully saturated rings. The molecule has 3 nitrogen and oxygen atoms in total. The van der Waals surface area contributed by atoms with Gasteiger partial charge in [-0.25, -0.2) is 0 Å². The van der Waals surface area contributed by atoms with E-state index in [0.717, 1.165) is 21.2 Å². The number of anilines is 2. The van der Waals surface area contributed by atoms with Gasteiger partial charge in [0.25, 0.3) is 0 Å². The number of hydrogen-bond donors (Lipinski definition) is 1. The summed E-state index contributed by atoms with van der Waals surface area (Å²) in [7, 11) is 0. The fourth-order valence-electron chi connectivity index (χ4n) is 2.43. The van der Waals surface area contributed by atoms with Gasteiger partial charge in [0.1, 0.15) is 0 Å². The third-order valence-corrected chi connectivity index (χ3v) is 4.80. The van der Waals surface area contributed by atoms with Crippen LogP contribution in [0.1, 0.15) is 12.5 Å². The first kappa shape index (κ1) is 14.3. The van der Waals surface area contributed by atoms with Crippen molar-refractivity contribution in [2.45, 2.75) is 22.8 Å². The number of nitrogens with zero attached hydrogens (tertiary/aromatic N) is 2. The predicted octanol–water partition coefficient (Wildman–Crippen LogP) is 4.20. The highest BCUT2D eigenvalue weighted by molar-refractivity contribution is 7.99. The van der Waals surface area contributed by atoms with Gasteiger partial charge in [0.2, 0.25) is 0 Å². The van der Waals surface area contributed by atoms with Crippen molar-refractivity contribution in [1.29, 1.82) is 5.26 Å². The molecule has 0 saturated heterocycles. The summed E-state index contributed by atoms with van der Waals surface area (Å²) in [6, 6.07) is 13.4. The Morgan fingerprint density at radius 2 is 2.05 bits per heavy atom. The molecule has 1 aliphatic rings. The SMILES string of the molecule is C[C@H](CO)N1c2ccc(Cl)cc2Sc2ccc(C#N)cc21. The lowest BCUT2D eigenvalue weighted by atomic mass is 10.1. The van der Waals surface area contributed by atoms with Crippen molar-refractivity contribution in [2.75, 3.05) is 11.5 Å². The molecule has 2 aromatic rings. The number of fused-ring (bicyclic) bond motifs is 2. The van der Waals surface area contributed by atoms with Crippen molar-refractivity contribution in [3.8, 4) is 6.07 Å². The number of hydrogen-bond acceptors (Lipinski definition) is 4. The monoisotopic (exact) mass is 316 g/mol. The maximum Gasteiger partial charge on any atom is 0.0992 e. The summed E-state index contributed by atoms with van der Waals surface area (Å²) in [4.78, 5) is 4.18. The second-order valence-corrected chi connectivity index (χ2v) is 6.43. The summed E-state index contributed by atoms with van der Waals surface area (Å²) in [5.74, 6) is 0. The molecule has 1 heterocycles. The summed E-state index contributed by atoms with van der Waals surface area (Å²) >= 11 is 7.72. The molecule has 21 heavy (non-hydrogen) atoms. The molecule has 3 rings (SSSR count). The van der Waals surface area contributed by atoms with Crippen LogP contribution < -0.4 is 4.90 Å². The van der Waals surface area contributed by atoms with E-state index in [1.54, 1.807) is 11.8 Å². The lowest BCUT2D eigenvalue weighted by Crippen LogP contribution is -2.33. The maximum atomic E-state index is 9.58. The second-order valence-electron chi connectivity index (χ2n) is 4.91. The Kier molecular flexibility index (Phi) is 3.81. The molecule has 0 spiro atoms. The minimum atomic E-state index is -0.0847. The molecule has 1 aliphatic heterocycles. The molecule has 0 radical (unpaired) electrons. The first-order valence-electron chi connectivity index (χ1n) is 6.55. The number of halogens is 1. The van der Waals surface area contributed by atoms with E-state index in [1.165, 1.54) is 0 Å². The van der Waals surface area contributed by atoms with Crippen LogP contribution >= 0.6 is 23.4 Å². The largest absolute Gasteiger partial charge is 0.394 e. The zero-order chi connectivity index (χ0) is 15.0. The molecule has 0 amide bonds. The average Bonchev–Trinajstić information content (AvgIpc) is 2.51. The van der Waals surface area contributed by atoms with Gasteiger partial charge < -0.3 is 10.0 Å². The van der Waals surface area contributed by atoms with Crippen LogP contribution in [0.3, 0.4) is 0 Å². The van der Waals surface area contributed by atoms with Gasteiger partial charge in [-0.15, -0.1) is 0 Å². The first-order valence-corrected chi connectivity index (χ1v) is 7.75. The second kappa shape index (κ2) is 5.61. The standard InChI is InChI=1S/C16H13ClN2OS/c1-10(9-20)19-13-4-3-12(17)7-16(13)21-15-5-2-11(8-18)6-14(15)19/h2-7,10,20H,9H2,1H3/t10-/m1/s1. The third kappa shape index (κ3) is 2.49. The summed E-state index contributed by atoms with van der Waals surface area (Å²) in [5, 5.41) is 19.4. The molecule has 0 unspecified atom stereocenters. The topological polar surface area (TPSA) is 47.3 Å². The molecule has 1 atom stereocenters. The van der Waals surface area contributed by atoms with E-state index in [1.807, 2.05) is 43.3 Å². The molecular formula is C16H13ClN2OS. The van der Waals surface area contributed by atoms with E-state index in [4.69, 9.17) is 16.9 Å². The van der Waals surface area contributed by atoms with Gasteiger partial charge in [0, 0.05) is 14.8 Å². The van der Waals surface area contributed by atoms with Crippen LogP contribution in [0.4, 0.5) is 11.4 Å². The zero-order valence-electron chi connectivity index (χ0n) is 11.4. The van der Waals surface area contributed by atoms with Gasteiger partial charge in [-0.05, 0) is 43.3 Å². The molecule has 0 bridgehead atoms. The number of rotatable bonds is 2. The van der Waals surface area contributed by atoms with E-state index in [9.17, 15) is 5.11 Å². The van der Waals surface area contributed by atoms with Crippen LogP contribution in [0.15, 0.2) is 46.2 Å². The Morgan fingerprint density at radius 3 is 2.76 bits per heavy atom. The van der Waals surface area contributed by atoms with Gasteiger partial charge in [0.15, 0.2) is 0 Å². The average molecular weight is 317 g/mol. The lowest BCUT2D eigenvalue weighted by Gasteiger charge is -2.36. The Balaban J connectivity index is 2.20. The molecule has 0 aromatic heterocycles. The Hall–Kier alpha value is -1.67. The van der Waals surface area contributed by atoms with Gasteiger partial charge >= 0.3 is 0 Å². The molecule has 2 aromatic carbocycles. The van der Waals surface area contributed by atoms with E-state index in [2.05, 4.69) is 11.0 Å². The minimum absolute atomic E-state index is 0.0307. The Bertz CT molecular complexity index is 742. The van der Waals surface area contributed by atoms with Gasteiger partial charge in [-0.2, -0.15) is 5.26 Å². The minimum Gasteiger partial charge on any atom is -0.394 e. The number of aliphatic hydroxyl groups is 1. The van der Waals surface area contributed by atoms with Crippen molar-refractivity contribution in [3.63, 3.8) is 0 Å². The summed E-state index contributed by atoms with van der Waals surface area (Å²) in [6.45, 7) is 1.99. The van der Waals surface area contributed by atoms with Crippen LogP contribution in [0.5, 0.6) is 0 Å². The quantitative estimate of drug-likeness (QED) is 0.902. The predicted molar refractivity (Wildman–Crippen MR) is 85.4 cm³/mol. The number of benzene rings is 2. The fraction of sp³-hybridized carbons (Fsp3) is 0.188. The highest BCUT2D eigenvalue weighted by Gasteiger charge is 2.27. The maximum absolute atomic E-state index is 9.58. The highest BCUT2D eigenvalue weighted by atomic mass is 35.5. The van der Waals surface area contributed by atoms with Gasteiger partial charge in [0.05, 0.1) is 35.7 Å². The van der Waals surface area contributed by atoms with Crippen LogP contribution in [0, 0.1) is 11.3 Å². The van der Waals surface area contributed by atoms with E-state index in [0.29, 0.717) is 10.6 Å². The van der Waals surface area contributed by atoms with Crippen LogP contribution in [-0.4, -0.2) is 17.8 Å². The normalized spacial score (nSPS) is 14.1. The van der Waals surface area contributed by atoms with Crippen LogP contribution in [0.2, 0.25) is 5.02 Å². The van der Waals surface area contributed by atoms with Crippen molar-refractivity contribution >= 4 is 34.7 Å². The molecular weight excluding hydrogens is 304 g/mol. The summed E-state index contributed by atoms with van der Waals surface area (Å²) in [6.07, 6.45) is 0. The molecule has 0 aliphatic carbocycles. The zero-order valence-corrected chi connectivity index (χ0v) is 12.9. The Labute approximate surface area is 132 Å². The third-order valence-electron chi connectivity index (χ3n) is 3.45. The molecule has 0 saturated carbocycles. The lowest BCUT2D eigenvalue weighted by molar-refractivity contribution is 0.272. The van der Waals surface area contributed by atoms with Gasteiger partial charge in [-0.3, -0.25) is 0 Å². The van der Waals surface area contributed by atoms with Crippen molar-refractivity contribution in [1.82, 2.24) is 0 Å². The summed E-state index contributed by atoms with van der Waals surface area (Å²) in [5.41, 5.74) is 2.57. The van der Waals surface area contributed by atoms with Crippen molar-refractivity contribution in [3.05, 3.63) is 47.0 Å². The number of aliphatic hydroxyl groups excluding tert-OH is 1. The van der Waals surface area contributed by atoms with E-state index in [-0.39, 0.29) is 12.6 Å². The van der Waals surface area contributed by atoms with Crippen molar-refractivity contribution < 1.29 is 5.11 Å².